The first kappa shape index (κ1) is 7.65. The molecule has 3 heteroatoms. The highest BCUT2D eigenvalue weighted by atomic mass is 16.5. The first-order valence-electron chi connectivity index (χ1n) is 4.49. The first-order valence-corrected chi connectivity index (χ1v) is 4.49. The Kier molecular flexibility index (Phi) is 1.60. The van der Waals surface area contributed by atoms with E-state index in [2.05, 4.69) is 12.1 Å². The Labute approximate surface area is 71.9 Å². The maximum atomic E-state index is 5.48. The normalized spacial score (nSPS) is 20.4. The zero-order valence-electron chi connectivity index (χ0n) is 7.34. The van der Waals surface area contributed by atoms with Crippen molar-refractivity contribution in [3.63, 3.8) is 0 Å². The molecule has 1 heterocycles. The molecule has 0 atom stereocenters. The van der Waals surface area contributed by atoms with Crippen LogP contribution >= 0.6 is 0 Å². The molecule has 2 N–H and O–H groups in total. The van der Waals surface area contributed by atoms with Crippen molar-refractivity contribution >= 4 is 5.88 Å². The van der Waals surface area contributed by atoms with Gasteiger partial charge in [0.25, 0.3) is 0 Å². The minimum atomic E-state index is 0.293. The minimum absolute atomic E-state index is 0.293. The molecule has 0 aromatic carbocycles. The number of nitrogens with two attached hydrogens (primary N) is 1. The lowest BCUT2D eigenvalue weighted by atomic mass is 9.65. The van der Waals surface area contributed by atoms with Crippen LogP contribution in [0.1, 0.15) is 38.3 Å². The summed E-state index contributed by atoms with van der Waals surface area (Å²) in [6, 6.07) is 1.86. The Morgan fingerprint density at radius 3 is 2.75 bits per heavy atom. The summed E-state index contributed by atoms with van der Waals surface area (Å²) in [7, 11) is 0. The summed E-state index contributed by atoms with van der Waals surface area (Å²) in [6.07, 6.45) is 4.91. The maximum Gasteiger partial charge on any atom is 0.222 e. The van der Waals surface area contributed by atoms with Gasteiger partial charge < -0.3 is 10.3 Å². The topological polar surface area (TPSA) is 52.0 Å². The van der Waals surface area contributed by atoms with E-state index in [0.29, 0.717) is 11.3 Å². The summed E-state index contributed by atoms with van der Waals surface area (Å²) in [4.78, 5) is 0. The van der Waals surface area contributed by atoms with E-state index in [9.17, 15) is 0 Å². The summed E-state index contributed by atoms with van der Waals surface area (Å²) < 4.78 is 4.88. The van der Waals surface area contributed by atoms with Gasteiger partial charge in [0.15, 0.2) is 0 Å². The fourth-order valence-electron chi connectivity index (χ4n) is 1.93. The van der Waals surface area contributed by atoms with Crippen LogP contribution in [0.4, 0.5) is 5.88 Å². The van der Waals surface area contributed by atoms with Crippen LogP contribution in [0.2, 0.25) is 0 Å². The Morgan fingerprint density at radius 2 is 2.42 bits per heavy atom. The van der Waals surface area contributed by atoms with Gasteiger partial charge in [0, 0.05) is 11.5 Å². The molecule has 0 aliphatic heterocycles. The summed E-state index contributed by atoms with van der Waals surface area (Å²) in [5, 5.41) is 3.98. The standard InChI is InChI=1S/C9H14N2O/c1-2-9(4-3-5-9)7-6-8(10)12-11-7/h6H,2-5,10H2,1H3. The average Bonchev–Trinajstić information content (AvgIpc) is 2.35. The molecule has 1 fully saturated rings. The molecular weight excluding hydrogens is 152 g/mol. The average molecular weight is 166 g/mol. The third-order valence-corrected chi connectivity index (χ3v) is 3.06. The fraction of sp³-hybridized carbons (Fsp3) is 0.667. The Hall–Kier alpha value is -0.990. The minimum Gasteiger partial charge on any atom is -0.368 e. The first-order chi connectivity index (χ1) is 5.77. The molecule has 0 amide bonds. The van der Waals surface area contributed by atoms with Gasteiger partial charge in [-0.1, -0.05) is 18.5 Å². The van der Waals surface area contributed by atoms with Crippen LogP contribution in [0.25, 0.3) is 0 Å². The van der Waals surface area contributed by atoms with Crippen LogP contribution in [0.3, 0.4) is 0 Å². The predicted octanol–water partition coefficient (Wildman–Crippen LogP) is 2.09. The molecule has 1 aliphatic carbocycles. The van der Waals surface area contributed by atoms with Crippen molar-refractivity contribution in [2.75, 3.05) is 5.73 Å². The summed E-state index contributed by atoms with van der Waals surface area (Å²) in [6.45, 7) is 2.20. The van der Waals surface area contributed by atoms with E-state index < -0.39 is 0 Å². The second-order valence-electron chi connectivity index (χ2n) is 3.60. The van der Waals surface area contributed by atoms with E-state index in [-0.39, 0.29) is 0 Å². The monoisotopic (exact) mass is 166 g/mol. The van der Waals surface area contributed by atoms with Crippen molar-refractivity contribution < 1.29 is 4.52 Å². The Balaban J connectivity index is 2.27. The molecule has 12 heavy (non-hydrogen) atoms. The number of aromatic nitrogens is 1. The van der Waals surface area contributed by atoms with Crippen molar-refractivity contribution in [2.45, 2.75) is 38.0 Å². The van der Waals surface area contributed by atoms with Crippen molar-refractivity contribution in [1.82, 2.24) is 5.16 Å². The molecule has 1 aliphatic rings. The highest BCUT2D eigenvalue weighted by molar-refractivity contribution is 5.30. The maximum absolute atomic E-state index is 5.48. The Bertz CT molecular complexity index is 270. The van der Waals surface area contributed by atoms with Gasteiger partial charge in [0.1, 0.15) is 0 Å². The molecule has 0 saturated heterocycles. The zero-order chi connectivity index (χ0) is 8.60. The van der Waals surface area contributed by atoms with Crippen molar-refractivity contribution in [1.29, 1.82) is 0 Å². The van der Waals surface area contributed by atoms with Crippen LogP contribution in [0, 0.1) is 0 Å². The van der Waals surface area contributed by atoms with Crippen molar-refractivity contribution in [3.8, 4) is 0 Å². The second kappa shape index (κ2) is 2.51. The summed E-state index contributed by atoms with van der Waals surface area (Å²) in [5.41, 5.74) is 6.82. The molecule has 2 rings (SSSR count). The van der Waals surface area contributed by atoms with Crippen molar-refractivity contribution in [2.24, 2.45) is 0 Å². The molecule has 66 valence electrons. The molecule has 0 radical (unpaired) electrons. The summed E-state index contributed by atoms with van der Waals surface area (Å²) in [5.74, 6) is 0.435. The van der Waals surface area contributed by atoms with Gasteiger partial charge in [0.2, 0.25) is 5.88 Å². The lowest BCUT2D eigenvalue weighted by Gasteiger charge is -2.39. The molecule has 0 bridgehead atoms. The van der Waals surface area contributed by atoms with Crippen LogP contribution < -0.4 is 5.73 Å². The van der Waals surface area contributed by atoms with Gasteiger partial charge in [-0.2, -0.15) is 0 Å². The van der Waals surface area contributed by atoms with E-state index in [4.69, 9.17) is 10.3 Å². The molecular formula is C9H14N2O. The zero-order valence-corrected chi connectivity index (χ0v) is 7.34. The Morgan fingerprint density at radius 1 is 1.67 bits per heavy atom. The second-order valence-corrected chi connectivity index (χ2v) is 3.60. The third-order valence-electron chi connectivity index (χ3n) is 3.06. The van der Waals surface area contributed by atoms with Crippen LogP contribution in [0.5, 0.6) is 0 Å². The van der Waals surface area contributed by atoms with Crippen LogP contribution in [0.15, 0.2) is 10.6 Å². The molecule has 0 spiro atoms. The third kappa shape index (κ3) is 0.924. The molecule has 3 nitrogen and oxygen atoms in total. The van der Waals surface area contributed by atoms with Gasteiger partial charge in [-0.15, -0.1) is 0 Å². The lowest BCUT2D eigenvalue weighted by molar-refractivity contribution is 0.218. The van der Waals surface area contributed by atoms with E-state index in [1.54, 1.807) is 0 Å². The number of hydrogen-bond acceptors (Lipinski definition) is 3. The smallest absolute Gasteiger partial charge is 0.222 e. The number of anilines is 1. The van der Waals surface area contributed by atoms with Gasteiger partial charge in [0.05, 0.1) is 5.69 Å². The number of hydrogen-bond donors (Lipinski definition) is 1. The van der Waals surface area contributed by atoms with E-state index >= 15 is 0 Å². The van der Waals surface area contributed by atoms with Gasteiger partial charge >= 0.3 is 0 Å². The van der Waals surface area contributed by atoms with Crippen molar-refractivity contribution in [3.05, 3.63) is 11.8 Å². The van der Waals surface area contributed by atoms with Crippen LogP contribution in [-0.4, -0.2) is 5.16 Å². The highest BCUT2D eigenvalue weighted by Crippen LogP contribution is 2.45. The predicted molar refractivity (Wildman–Crippen MR) is 46.7 cm³/mol. The highest BCUT2D eigenvalue weighted by Gasteiger charge is 2.39. The summed E-state index contributed by atoms with van der Waals surface area (Å²) >= 11 is 0. The molecule has 1 aromatic heterocycles. The van der Waals surface area contributed by atoms with Gasteiger partial charge in [-0.25, -0.2) is 0 Å². The number of nitrogens with zero attached hydrogens (tertiary/aromatic N) is 1. The lowest BCUT2D eigenvalue weighted by Crippen LogP contribution is -2.33. The van der Waals surface area contributed by atoms with Gasteiger partial charge in [-0.05, 0) is 19.3 Å². The van der Waals surface area contributed by atoms with Crippen LogP contribution in [-0.2, 0) is 5.41 Å². The van der Waals surface area contributed by atoms with E-state index in [0.717, 1.165) is 12.1 Å². The number of rotatable bonds is 2. The fourth-order valence-corrected chi connectivity index (χ4v) is 1.93. The molecule has 0 unspecified atom stereocenters. The number of nitrogen functional groups attached to an aromatic ring is 1. The SMILES string of the molecule is CCC1(c2cc(N)on2)CCC1. The van der Waals surface area contributed by atoms with E-state index in [1.165, 1.54) is 19.3 Å². The quantitative estimate of drug-likeness (QED) is 0.731. The van der Waals surface area contributed by atoms with Gasteiger partial charge in [-0.3, -0.25) is 0 Å². The molecule has 1 saturated carbocycles. The largest absolute Gasteiger partial charge is 0.368 e. The molecule has 1 aromatic rings. The van der Waals surface area contributed by atoms with E-state index in [1.807, 2.05) is 6.07 Å².